The Morgan fingerprint density at radius 3 is 2.21 bits per heavy atom. The highest BCUT2D eigenvalue weighted by Gasteiger charge is 2.29. The summed E-state index contributed by atoms with van der Waals surface area (Å²) in [5, 5.41) is 2.79. The number of Topliss-reactive ketones (excluding diaryl/α,β-unsaturated/α-hetero) is 1. The van der Waals surface area contributed by atoms with E-state index < -0.39 is 11.5 Å². The summed E-state index contributed by atoms with van der Waals surface area (Å²) in [6, 6.07) is 21.4. The van der Waals surface area contributed by atoms with Crippen molar-refractivity contribution in [3.63, 3.8) is 0 Å². The van der Waals surface area contributed by atoms with Gasteiger partial charge in [0.2, 0.25) is 0 Å². The molecule has 3 aromatic rings. The van der Waals surface area contributed by atoms with Gasteiger partial charge in [-0.25, -0.2) is 9.59 Å². The number of fused-ring (bicyclic) bond motifs is 4. The Labute approximate surface area is 224 Å². The summed E-state index contributed by atoms with van der Waals surface area (Å²) in [6.45, 7) is 0.272. The van der Waals surface area contributed by atoms with Crippen LogP contribution in [0.4, 0.5) is 9.59 Å². The number of alkyl carbamates (subject to hydrolysis) is 1. The molecule has 1 N–H and O–H groups in total. The summed E-state index contributed by atoms with van der Waals surface area (Å²) in [7, 11) is 0. The lowest BCUT2D eigenvalue weighted by molar-refractivity contribution is 0.0968. The Balaban J connectivity index is 1.12. The maximum Gasteiger partial charge on any atom is 0.407 e. The molecule has 0 bridgehead atoms. The van der Waals surface area contributed by atoms with Gasteiger partial charge in [0.25, 0.3) is 0 Å². The van der Waals surface area contributed by atoms with Crippen LogP contribution in [0.2, 0.25) is 0 Å². The number of hydrogen-bond donors (Lipinski definition) is 1. The number of halogens is 1. The third-order valence-electron chi connectivity index (χ3n) is 6.79. The molecule has 0 aromatic heterocycles. The minimum atomic E-state index is -1.05. The van der Waals surface area contributed by atoms with Gasteiger partial charge in [-0.05, 0) is 52.8 Å². The molecule has 1 amide bonds. The number of allylic oxidation sites excluding steroid dienone is 1. The standard InChI is InChI=1S/C30H24ClNO6/c31-29(35)37-16-19-15-27(33)24-12-11-18(14-25(24)28(19)34)6-5-13-32-30(36)38-17-26-22-9-3-1-7-20(22)21-8-2-4-10-23(21)26/h1-4,7-12,14-15,26H,5-6,13,16-17H2,(H,32,36). The van der Waals surface area contributed by atoms with Crippen molar-refractivity contribution in [3.8, 4) is 11.1 Å². The molecular weight excluding hydrogens is 506 g/mol. The van der Waals surface area contributed by atoms with Gasteiger partial charge in [-0.15, -0.1) is 0 Å². The molecule has 5 rings (SSSR count). The number of aryl methyl sites for hydroxylation is 1. The molecule has 0 radical (unpaired) electrons. The molecule has 3 aromatic carbocycles. The SMILES string of the molecule is O=C(Cl)OCC1=CC(=O)c2ccc(CCCNC(=O)OCC3c4ccccc4-c4ccccc43)cc2C1=O. The van der Waals surface area contributed by atoms with Crippen molar-refractivity contribution in [1.82, 2.24) is 5.32 Å². The van der Waals surface area contributed by atoms with E-state index in [1.54, 1.807) is 18.2 Å². The Hall–Kier alpha value is -4.23. The first-order valence-corrected chi connectivity index (χ1v) is 12.6. The van der Waals surface area contributed by atoms with Crippen molar-refractivity contribution >= 4 is 34.7 Å². The molecule has 0 unspecified atom stereocenters. The fourth-order valence-corrected chi connectivity index (χ4v) is 5.05. The fraction of sp³-hybridized carbons (Fsp3) is 0.200. The molecule has 0 heterocycles. The highest BCUT2D eigenvalue weighted by molar-refractivity contribution is 6.61. The lowest BCUT2D eigenvalue weighted by Gasteiger charge is -2.16. The number of carbonyl (C=O) groups excluding carboxylic acids is 4. The zero-order valence-electron chi connectivity index (χ0n) is 20.4. The summed E-state index contributed by atoms with van der Waals surface area (Å²) < 4.78 is 10.2. The van der Waals surface area contributed by atoms with Crippen LogP contribution in [-0.2, 0) is 15.9 Å². The summed E-state index contributed by atoms with van der Waals surface area (Å²) in [5.74, 6) is -0.712. The smallest absolute Gasteiger partial charge is 0.407 e. The molecule has 0 atom stereocenters. The van der Waals surface area contributed by atoms with E-state index in [0.29, 0.717) is 24.9 Å². The van der Waals surface area contributed by atoms with Crippen LogP contribution in [0.5, 0.6) is 0 Å². The van der Waals surface area contributed by atoms with Crippen molar-refractivity contribution in [2.75, 3.05) is 19.8 Å². The van der Waals surface area contributed by atoms with Crippen LogP contribution < -0.4 is 5.32 Å². The number of carbonyl (C=O) groups is 4. The molecule has 2 aliphatic carbocycles. The van der Waals surface area contributed by atoms with Crippen LogP contribution in [0.3, 0.4) is 0 Å². The third kappa shape index (κ3) is 5.24. The Bertz CT molecular complexity index is 1430. The molecule has 192 valence electrons. The normalized spacial score (nSPS) is 13.8. The molecule has 8 heteroatoms. The van der Waals surface area contributed by atoms with Gasteiger partial charge in [0, 0.05) is 40.8 Å². The highest BCUT2D eigenvalue weighted by Crippen LogP contribution is 2.44. The van der Waals surface area contributed by atoms with E-state index in [9.17, 15) is 19.2 Å². The number of hydrogen-bond acceptors (Lipinski definition) is 6. The molecule has 38 heavy (non-hydrogen) atoms. The van der Waals surface area contributed by atoms with Crippen LogP contribution >= 0.6 is 11.6 Å². The Morgan fingerprint density at radius 2 is 1.53 bits per heavy atom. The van der Waals surface area contributed by atoms with Gasteiger partial charge in [0.05, 0.1) is 0 Å². The highest BCUT2D eigenvalue weighted by atomic mass is 35.5. The summed E-state index contributed by atoms with van der Waals surface area (Å²) in [6.07, 6.45) is 1.87. The topological polar surface area (TPSA) is 98.8 Å². The first kappa shape index (κ1) is 25.4. The number of benzene rings is 3. The molecule has 0 spiro atoms. The maximum atomic E-state index is 12.8. The van der Waals surface area contributed by atoms with E-state index in [0.717, 1.165) is 16.7 Å². The van der Waals surface area contributed by atoms with E-state index in [1.165, 1.54) is 17.2 Å². The zero-order chi connectivity index (χ0) is 26.6. The van der Waals surface area contributed by atoms with E-state index in [2.05, 4.69) is 34.3 Å². The van der Waals surface area contributed by atoms with Crippen molar-refractivity contribution < 1.29 is 28.7 Å². The van der Waals surface area contributed by atoms with E-state index in [4.69, 9.17) is 16.3 Å². The predicted molar refractivity (Wildman–Crippen MR) is 142 cm³/mol. The second-order valence-corrected chi connectivity index (χ2v) is 9.43. The van der Waals surface area contributed by atoms with Crippen LogP contribution in [0.1, 0.15) is 49.7 Å². The number of ether oxygens (including phenoxy) is 2. The second-order valence-electron chi connectivity index (χ2n) is 9.13. The molecule has 0 fully saturated rings. The minimum Gasteiger partial charge on any atom is -0.449 e. The Morgan fingerprint density at radius 1 is 0.842 bits per heavy atom. The summed E-state index contributed by atoms with van der Waals surface area (Å²) in [4.78, 5) is 48.4. The van der Waals surface area contributed by atoms with Gasteiger partial charge in [0.1, 0.15) is 13.2 Å². The lowest BCUT2D eigenvalue weighted by Crippen LogP contribution is -2.27. The number of rotatable bonds is 8. The molecule has 2 aliphatic rings. The second kappa shape index (κ2) is 11.0. The summed E-state index contributed by atoms with van der Waals surface area (Å²) in [5.41, 5.74) is 5.09. The van der Waals surface area contributed by atoms with Crippen molar-refractivity contribution in [3.05, 3.63) is 106 Å². The molecule has 0 aliphatic heterocycles. The van der Waals surface area contributed by atoms with E-state index >= 15 is 0 Å². The van der Waals surface area contributed by atoms with Crippen molar-refractivity contribution in [2.45, 2.75) is 18.8 Å². The van der Waals surface area contributed by atoms with Crippen molar-refractivity contribution in [1.29, 1.82) is 0 Å². The molecule has 0 saturated heterocycles. The number of amides is 1. The van der Waals surface area contributed by atoms with E-state index in [1.807, 2.05) is 24.3 Å². The van der Waals surface area contributed by atoms with Gasteiger partial charge in [-0.1, -0.05) is 60.7 Å². The van der Waals surface area contributed by atoms with Crippen LogP contribution in [0, 0.1) is 0 Å². The monoisotopic (exact) mass is 529 g/mol. The van der Waals surface area contributed by atoms with Crippen LogP contribution in [0.15, 0.2) is 78.4 Å². The molecule has 0 saturated carbocycles. The predicted octanol–water partition coefficient (Wildman–Crippen LogP) is 5.84. The van der Waals surface area contributed by atoms with Gasteiger partial charge in [-0.2, -0.15) is 0 Å². The maximum absolute atomic E-state index is 12.8. The van der Waals surface area contributed by atoms with Crippen LogP contribution in [0.25, 0.3) is 11.1 Å². The number of ketones is 2. The van der Waals surface area contributed by atoms with E-state index in [-0.39, 0.29) is 41.8 Å². The average Bonchev–Trinajstić information content (AvgIpc) is 3.24. The lowest BCUT2D eigenvalue weighted by atomic mass is 9.88. The third-order valence-corrected chi connectivity index (χ3v) is 6.90. The largest absolute Gasteiger partial charge is 0.449 e. The Kier molecular flexibility index (Phi) is 7.38. The summed E-state index contributed by atoms with van der Waals surface area (Å²) >= 11 is 5.17. The van der Waals surface area contributed by atoms with Gasteiger partial charge >= 0.3 is 11.5 Å². The quantitative estimate of drug-likeness (QED) is 0.291. The van der Waals surface area contributed by atoms with Crippen LogP contribution in [-0.4, -0.2) is 42.8 Å². The van der Waals surface area contributed by atoms with Crippen molar-refractivity contribution in [2.24, 2.45) is 0 Å². The minimum absolute atomic E-state index is 0.00390. The van der Waals surface area contributed by atoms with Gasteiger partial charge < -0.3 is 14.8 Å². The van der Waals surface area contributed by atoms with Gasteiger partial charge in [0.15, 0.2) is 11.6 Å². The first-order valence-electron chi connectivity index (χ1n) is 12.3. The average molecular weight is 530 g/mol. The van der Waals surface area contributed by atoms with Gasteiger partial charge in [-0.3, -0.25) is 9.59 Å². The molecular formula is C30H24ClNO6. The number of nitrogens with one attached hydrogen (secondary N) is 1. The first-order chi connectivity index (χ1) is 18.4. The fourth-order valence-electron chi connectivity index (χ4n) is 5.00. The molecule has 7 nitrogen and oxygen atoms in total. The zero-order valence-corrected chi connectivity index (χ0v) is 21.1.